The fourth-order valence-corrected chi connectivity index (χ4v) is 1.67. The number of rotatable bonds is 2. The second kappa shape index (κ2) is 3.58. The van der Waals surface area contributed by atoms with Crippen molar-refractivity contribution >= 4 is 0 Å². The van der Waals surface area contributed by atoms with Gasteiger partial charge >= 0.3 is 0 Å². The molecule has 1 rings (SSSR count). The Balaban J connectivity index is 2.56. The van der Waals surface area contributed by atoms with Crippen LogP contribution in [0.15, 0.2) is 11.6 Å². The first-order chi connectivity index (χ1) is 5.56. The number of allylic oxidation sites excluding steroid dienone is 2. The van der Waals surface area contributed by atoms with Crippen molar-refractivity contribution in [1.29, 1.82) is 0 Å². The molecule has 0 unspecified atom stereocenters. The molecule has 1 aliphatic carbocycles. The van der Waals surface area contributed by atoms with Gasteiger partial charge in [0.15, 0.2) is 0 Å². The molecule has 0 bridgehead atoms. The summed E-state index contributed by atoms with van der Waals surface area (Å²) in [6, 6.07) is 0. The van der Waals surface area contributed by atoms with Gasteiger partial charge in [-0.3, -0.25) is 5.26 Å². The molecule has 0 spiro atoms. The van der Waals surface area contributed by atoms with Gasteiger partial charge in [0, 0.05) is 0 Å². The second-order valence-corrected chi connectivity index (χ2v) is 4.22. The SMILES string of the molecule is CC1=CC[C@@H](C(C)(C)OO)CC1. The highest BCUT2D eigenvalue weighted by atomic mass is 17.1. The number of hydrogen-bond acceptors (Lipinski definition) is 2. The molecule has 0 aliphatic heterocycles. The maximum atomic E-state index is 8.69. The Kier molecular flexibility index (Phi) is 2.91. The molecule has 0 aromatic rings. The topological polar surface area (TPSA) is 29.5 Å². The molecule has 0 saturated carbocycles. The minimum absolute atomic E-state index is 0.392. The minimum atomic E-state index is -0.392. The van der Waals surface area contributed by atoms with Crippen molar-refractivity contribution in [3.05, 3.63) is 11.6 Å². The molecule has 12 heavy (non-hydrogen) atoms. The normalized spacial score (nSPS) is 25.3. The Bertz CT molecular complexity index is 182. The van der Waals surface area contributed by atoms with E-state index in [0.717, 1.165) is 19.3 Å². The van der Waals surface area contributed by atoms with Crippen molar-refractivity contribution in [3.8, 4) is 0 Å². The van der Waals surface area contributed by atoms with Crippen LogP contribution in [0.1, 0.15) is 40.0 Å². The van der Waals surface area contributed by atoms with Crippen LogP contribution in [0, 0.1) is 5.92 Å². The summed E-state index contributed by atoms with van der Waals surface area (Å²) in [5, 5.41) is 8.69. The largest absolute Gasteiger partial charge is 0.251 e. The van der Waals surface area contributed by atoms with Crippen LogP contribution in [0.4, 0.5) is 0 Å². The lowest BCUT2D eigenvalue weighted by Crippen LogP contribution is -2.34. The summed E-state index contributed by atoms with van der Waals surface area (Å²) in [4.78, 5) is 4.48. The molecule has 1 atom stereocenters. The van der Waals surface area contributed by atoms with E-state index in [9.17, 15) is 0 Å². The lowest BCUT2D eigenvalue weighted by molar-refractivity contribution is -0.327. The first kappa shape index (κ1) is 9.75. The summed E-state index contributed by atoms with van der Waals surface area (Å²) in [6.45, 7) is 6.03. The zero-order valence-corrected chi connectivity index (χ0v) is 8.13. The average molecular weight is 170 g/mol. The van der Waals surface area contributed by atoms with Crippen LogP contribution in [0.3, 0.4) is 0 Å². The van der Waals surface area contributed by atoms with Gasteiger partial charge in [0.1, 0.15) is 5.60 Å². The molecule has 70 valence electrons. The quantitative estimate of drug-likeness (QED) is 0.392. The number of hydrogen-bond donors (Lipinski definition) is 1. The molecule has 0 radical (unpaired) electrons. The third-order valence-electron chi connectivity index (χ3n) is 2.86. The molecule has 2 heteroatoms. The van der Waals surface area contributed by atoms with Crippen LogP contribution in [-0.4, -0.2) is 10.9 Å². The van der Waals surface area contributed by atoms with Crippen molar-refractivity contribution in [2.24, 2.45) is 5.92 Å². The van der Waals surface area contributed by atoms with Crippen molar-refractivity contribution in [1.82, 2.24) is 0 Å². The van der Waals surface area contributed by atoms with Crippen molar-refractivity contribution in [2.75, 3.05) is 0 Å². The summed E-state index contributed by atoms with van der Waals surface area (Å²) in [5.41, 5.74) is 1.07. The van der Waals surface area contributed by atoms with Crippen LogP contribution >= 0.6 is 0 Å². The maximum Gasteiger partial charge on any atom is 0.101 e. The minimum Gasteiger partial charge on any atom is -0.251 e. The standard InChI is InChI=1S/C10H18O2/c1-8-4-6-9(7-5-8)10(2,3)12-11/h4,9,11H,5-7H2,1-3H3/t9-/m1/s1. The molecular formula is C10H18O2. The van der Waals surface area contributed by atoms with E-state index in [1.807, 2.05) is 13.8 Å². The van der Waals surface area contributed by atoms with Gasteiger partial charge in [0.2, 0.25) is 0 Å². The van der Waals surface area contributed by atoms with E-state index < -0.39 is 5.60 Å². The van der Waals surface area contributed by atoms with E-state index in [2.05, 4.69) is 17.9 Å². The molecule has 1 aliphatic rings. The Morgan fingerprint density at radius 2 is 2.25 bits per heavy atom. The molecule has 0 saturated heterocycles. The van der Waals surface area contributed by atoms with Crippen molar-refractivity contribution in [2.45, 2.75) is 45.6 Å². The van der Waals surface area contributed by atoms with Crippen LogP contribution in [0.25, 0.3) is 0 Å². The summed E-state index contributed by atoms with van der Waals surface area (Å²) in [6.07, 6.45) is 5.53. The zero-order chi connectivity index (χ0) is 9.19. The molecule has 0 amide bonds. The molecule has 0 aromatic carbocycles. The van der Waals surface area contributed by atoms with Gasteiger partial charge in [-0.15, -0.1) is 0 Å². The van der Waals surface area contributed by atoms with Crippen molar-refractivity contribution in [3.63, 3.8) is 0 Å². The summed E-state index contributed by atoms with van der Waals surface area (Å²) in [7, 11) is 0. The third kappa shape index (κ3) is 2.08. The van der Waals surface area contributed by atoms with Gasteiger partial charge in [0.25, 0.3) is 0 Å². The van der Waals surface area contributed by atoms with Crippen molar-refractivity contribution < 1.29 is 10.1 Å². The average Bonchev–Trinajstić information content (AvgIpc) is 2.05. The van der Waals surface area contributed by atoms with E-state index in [4.69, 9.17) is 5.26 Å². The smallest absolute Gasteiger partial charge is 0.101 e. The van der Waals surface area contributed by atoms with E-state index >= 15 is 0 Å². The molecular weight excluding hydrogens is 152 g/mol. The van der Waals surface area contributed by atoms with Gasteiger partial charge in [-0.2, -0.15) is 0 Å². The molecule has 0 heterocycles. The zero-order valence-electron chi connectivity index (χ0n) is 8.13. The Morgan fingerprint density at radius 3 is 2.67 bits per heavy atom. The van der Waals surface area contributed by atoms with Gasteiger partial charge in [-0.1, -0.05) is 11.6 Å². The van der Waals surface area contributed by atoms with Gasteiger partial charge in [-0.25, -0.2) is 4.89 Å². The molecule has 0 fully saturated rings. The Labute approximate surface area is 74.2 Å². The van der Waals surface area contributed by atoms with E-state index in [1.165, 1.54) is 5.57 Å². The highest BCUT2D eigenvalue weighted by Crippen LogP contribution is 2.33. The highest BCUT2D eigenvalue weighted by Gasteiger charge is 2.31. The van der Waals surface area contributed by atoms with E-state index in [1.54, 1.807) is 0 Å². The predicted octanol–water partition coefficient (Wildman–Crippen LogP) is 3.00. The lowest BCUT2D eigenvalue weighted by atomic mass is 9.80. The van der Waals surface area contributed by atoms with Gasteiger partial charge in [-0.05, 0) is 46.0 Å². The van der Waals surface area contributed by atoms with Gasteiger partial charge in [0.05, 0.1) is 0 Å². The second-order valence-electron chi connectivity index (χ2n) is 4.22. The molecule has 2 nitrogen and oxygen atoms in total. The highest BCUT2D eigenvalue weighted by molar-refractivity contribution is 5.05. The van der Waals surface area contributed by atoms with E-state index in [-0.39, 0.29) is 0 Å². The first-order valence-corrected chi connectivity index (χ1v) is 4.54. The molecule has 0 aromatic heterocycles. The van der Waals surface area contributed by atoms with Crippen LogP contribution in [-0.2, 0) is 4.89 Å². The van der Waals surface area contributed by atoms with Crippen LogP contribution in [0.2, 0.25) is 0 Å². The Hall–Kier alpha value is -0.340. The first-order valence-electron chi connectivity index (χ1n) is 4.54. The fraction of sp³-hybridized carbons (Fsp3) is 0.800. The third-order valence-corrected chi connectivity index (χ3v) is 2.86. The monoisotopic (exact) mass is 170 g/mol. The van der Waals surface area contributed by atoms with Crippen LogP contribution in [0.5, 0.6) is 0 Å². The maximum absolute atomic E-state index is 8.69. The van der Waals surface area contributed by atoms with Gasteiger partial charge < -0.3 is 0 Å². The summed E-state index contributed by atoms with van der Waals surface area (Å²) < 4.78 is 0. The Morgan fingerprint density at radius 1 is 1.58 bits per heavy atom. The van der Waals surface area contributed by atoms with E-state index in [0.29, 0.717) is 5.92 Å². The summed E-state index contributed by atoms with van der Waals surface area (Å²) in [5.74, 6) is 0.450. The summed E-state index contributed by atoms with van der Waals surface area (Å²) >= 11 is 0. The predicted molar refractivity (Wildman–Crippen MR) is 48.9 cm³/mol. The lowest BCUT2D eigenvalue weighted by Gasteiger charge is -2.32. The fourth-order valence-electron chi connectivity index (χ4n) is 1.67. The van der Waals surface area contributed by atoms with Crippen LogP contribution < -0.4 is 0 Å². The molecule has 1 N–H and O–H groups in total.